The predicted octanol–water partition coefficient (Wildman–Crippen LogP) is 1.03. The molecule has 5 nitrogen and oxygen atoms in total. The normalized spacial score (nSPS) is 15.5. The molecular formula is C11H13N3O2S. The Labute approximate surface area is 101 Å². The Morgan fingerprint density at radius 1 is 1.47 bits per heavy atom. The molecule has 0 unspecified atom stereocenters. The number of hydrogen-bond acceptors (Lipinski definition) is 4. The summed E-state index contributed by atoms with van der Waals surface area (Å²) in [5, 5.41) is 8.56. The molecule has 0 aromatic carbocycles. The van der Waals surface area contributed by atoms with E-state index in [0.717, 1.165) is 6.42 Å². The Balaban J connectivity index is 1.99. The Morgan fingerprint density at radius 2 is 2.24 bits per heavy atom. The fraction of sp³-hybridized carbons (Fsp3) is 0.455. The average Bonchev–Trinajstić information content (AvgIpc) is 3.13. The van der Waals surface area contributed by atoms with Crippen molar-refractivity contribution in [3.05, 3.63) is 24.0 Å². The van der Waals surface area contributed by atoms with E-state index in [0.29, 0.717) is 12.5 Å². The first-order valence-electron chi connectivity index (χ1n) is 5.47. The highest BCUT2D eigenvalue weighted by Gasteiger charge is 2.22. The largest absolute Gasteiger partial charge is 0.244 e. The maximum Gasteiger partial charge on any atom is 0.242 e. The Kier molecular flexibility index (Phi) is 3.41. The van der Waals surface area contributed by atoms with Gasteiger partial charge in [0.15, 0.2) is 0 Å². The van der Waals surface area contributed by atoms with Crippen molar-refractivity contribution >= 4 is 10.0 Å². The number of aromatic nitrogens is 1. The third-order valence-corrected chi connectivity index (χ3v) is 4.15. The first kappa shape index (κ1) is 12.0. The van der Waals surface area contributed by atoms with Gasteiger partial charge < -0.3 is 0 Å². The summed E-state index contributed by atoms with van der Waals surface area (Å²) in [6.45, 7) is 0.465. The van der Waals surface area contributed by atoms with Crippen LogP contribution in [0.4, 0.5) is 0 Å². The van der Waals surface area contributed by atoms with Gasteiger partial charge >= 0.3 is 0 Å². The van der Waals surface area contributed by atoms with Crippen molar-refractivity contribution in [2.45, 2.75) is 24.2 Å². The standard InChI is InChI=1S/C11H13N3O2S/c12-7-10-3-4-11(8-13-10)17(15,16)14-6-5-9-1-2-9/h3-4,8-9,14H,1-2,5-6H2. The van der Waals surface area contributed by atoms with E-state index < -0.39 is 10.0 Å². The summed E-state index contributed by atoms with van der Waals surface area (Å²) in [5.41, 5.74) is 0.210. The molecule has 1 fully saturated rings. The van der Waals surface area contributed by atoms with Crippen LogP contribution in [-0.4, -0.2) is 19.9 Å². The molecule has 0 saturated heterocycles. The summed E-state index contributed by atoms with van der Waals surface area (Å²) in [6.07, 6.45) is 4.52. The van der Waals surface area contributed by atoms with Crippen LogP contribution < -0.4 is 4.72 Å². The summed E-state index contributed by atoms with van der Waals surface area (Å²) >= 11 is 0. The zero-order valence-electron chi connectivity index (χ0n) is 9.26. The Morgan fingerprint density at radius 3 is 2.76 bits per heavy atom. The lowest BCUT2D eigenvalue weighted by atomic mass is 10.3. The molecule has 17 heavy (non-hydrogen) atoms. The molecule has 0 spiro atoms. The first-order chi connectivity index (χ1) is 8.12. The van der Waals surface area contributed by atoms with Gasteiger partial charge in [0.1, 0.15) is 16.7 Å². The van der Waals surface area contributed by atoms with Gasteiger partial charge in [-0.1, -0.05) is 12.8 Å². The molecule has 1 saturated carbocycles. The molecule has 1 aliphatic rings. The summed E-state index contributed by atoms with van der Waals surface area (Å²) in [6, 6.07) is 4.64. The van der Waals surface area contributed by atoms with Crippen LogP contribution in [0.3, 0.4) is 0 Å². The highest BCUT2D eigenvalue weighted by atomic mass is 32.2. The van der Waals surface area contributed by atoms with Crippen LogP contribution in [0.1, 0.15) is 25.0 Å². The van der Waals surface area contributed by atoms with Crippen LogP contribution >= 0.6 is 0 Å². The van der Waals surface area contributed by atoms with Crippen molar-refractivity contribution in [2.24, 2.45) is 5.92 Å². The molecule has 0 amide bonds. The van der Waals surface area contributed by atoms with Crippen LogP contribution in [0.2, 0.25) is 0 Å². The number of rotatable bonds is 5. The topological polar surface area (TPSA) is 82.8 Å². The smallest absolute Gasteiger partial charge is 0.242 e. The molecule has 6 heteroatoms. The molecule has 1 aromatic heterocycles. The zero-order valence-corrected chi connectivity index (χ0v) is 10.1. The lowest BCUT2D eigenvalue weighted by Gasteiger charge is -2.05. The van der Waals surface area contributed by atoms with E-state index in [4.69, 9.17) is 5.26 Å². The summed E-state index contributed by atoms with van der Waals surface area (Å²) in [5.74, 6) is 0.691. The zero-order chi connectivity index (χ0) is 12.3. The lowest BCUT2D eigenvalue weighted by molar-refractivity contribution is 0.575. The number of sulfonamides is 1. The van der Waals surface area contributed by atoms with E-state index in [1.807, 2.05) is 6.07 Å². The highest BCUT2D eigenvalue weighted by Crippen LogP contribution is 2.31. The second-order valence-electron chi connectivity index (χ2n) is 4.12. The molecule has 0 atom stereocenters. The molecular weight excluding hydrogens is 238 g/mol. The first-order valence-corrected chi connectivity index (χ1v) is 6.96. The van der Waals surface area contributed by atoms with Gasteiger partial charge in [-0.25, -0.2) is 18.1 Å². The van der Waals surface area contributed by atoms with Gasteiger partial charge in [-0.05, 0) is 24.5 Å². The monoisotopic (exact) mass is 251 g/mol. The fourth-order valence-corrected chi connectivity index (χ4v) is 2.48. The Bertz CT molecular complexity index is 527. The van der Waals surface area contributed by atoms with Crippen molar-refractivity contribution in [3.8, 4) is 6.07 Å². The molecule has 0 radical (unpaired) electrons. The van der Waals surface area contributed by atoms with E-state index in [9.17, 15) is 8.42 Å². The van der Waals surface area contributed by atoms with Gasteiger partial charge in [0.25, 0.3) is 0 Å². The van der Waals surface area contributed by atoms with Crippen LogP contribution in [0.15, 0.2) is 23.2 Å². The molecule has 1 aliphatic carbocycles. The SMILES string of the molecule is N#Cc1ccc(S(=O)(=O)NCCC2CC2)cn1. The molecule has 0 aliphatic heterocycles. The minimum Gasteiger partial charge on any atom is -0.244 e. The van der Waals surface area contributed by atoms with Crippen LogP contribution in [0.25, 0.3) is 0 Å². The number of nitrogens with zero attached hydrogens (tertiary/aromatic N) is 2. The summed E-state index contributed by atoms with van der Waals surface area (Å²) in [4.78, 5) is 3.84. The predicted molar refractivity (Wildman–Crippen MR) is 61.5 cm³/mol. The van der Waals surface area contributed by atoms with Crippen molar-refractivity contribution in [1.82, 2.24) is 9.71 Å². The second kappa shape index (κ2) is 4.82. The number of pyridine rings is 1. The minimum absolute atomic E-state index is 0.104. The van der Waals surface area contributed by atoms with Gasteiger partial charge in [-0.2, -0.15) is 5.26 Å². The third-order valence-electron chi connectivity index (χ3n) is 2.70. The fourth-order valence-electron chi connectivity index (χ4n) is 1.49. The van der Waals surface area contributed by atoms with E-state index in [1.165, 1.54) is 31.2 Å². The van der Waals surface area contributed by atoms with Gasteiger partial charge in [0.2, 0.25) is 10.0 Å². The van der Waals surface area contributed by atoms with Gasteiger partial charge in [-0.15, -0.1) is 0 Å². The third kappa shape index (κ3) is 3.25. The molecule has 90 valence electrons. The highest BCUT2D eigenvalue weighted by molar-refractivity contribution is 7.89. The van der Waals surface area contributed by atoms with Gasteiger partial charge in [-0.3, -0.25) is 0 Å². The van der Waals surface area contributed by atoms with Gasteiger partial charge in [0.05, 0.1) is 0 Å². The molecule has 1 heterocycles. The number of nitriles is 1. The van der Waals surface area contributed by atoms with E-state index >= 15 is 0 Å². The maximum absolute atomic E-state index is 11.8. The number of hydrogen-bond donors (Lipinski definition) is 1. The molecule has 2 rings (SSSR count). The van der Waals surface area contributed by atoms with Crippen molar-refractivity contribution in [2.75, 3.05) is 6.54 Å². The quantitative estimate of drug-likeness (QED) is 0.847. The number of nitrogens with one attached hydrogen (secondary N) is 1. The lowest BCUT2D eigenvalue weighted by Crippen LogP contribution is -2.25. The molecule has 0 bridgehead atoms. The molecule has 1 N–H and O–H groups in total. The van der Waals surface area contributed by atoms with Crippen LogP contribution in [0, 0.1) is 17.2 Å². The summed E-state index contributed by atoms with van der Waals surface area (Å²) < 4.78 is 26.1. The van der Waals surface area contributed by atoms with Crippen molar-refractivity contribution in [3.63, 3.8) is 0 Å². The average molecular weight is 251 g/mol. The van der Waals surface area contributed by atoms with Crippen LogP contribution in [-0.2, 0) is 10.0 Å². The van der Waals surface area contributed by atoms with Gasteiger partial charge in [0, 0.05) is 12.7 Å². The van der Waals surface area contributed by atoms with Crippen LogP contribution in [0.5, 0.6) is 0 Å². The maximum atomic E-state index is 11.8. The Hall–Kier alpha value is -1.45. The minimum atomic E-state index is -3.48. The van der Waals surface area contributed by atoms with E-state index in [1.54, 1.807) is 0 Å². The van der Waals surface area contributed by atoms with E-state index in [-0.39, 0.29) is 10.6 Å². The molecule has 1 aromatic rings. The van der Waals surface area contributed by atoms with Crippen molar-refractivity contribution < 1.29 is 8.42 Å². The van der Waals surface area contributed by atoms with E-state index in [2.05, 4.69) is 9.71 Å². The van der Waals surface area contributed by atoms with Crippen molar-refractivity contribution in [1.29, 1.82) is 5.26 Å². The second-order valence-corrected chi connectivity index (χ2v) is 5.89. The summed E-state index contributed by atoms with van der Waals surface area (Å²) in [7, 11) is -3.48.